The molecule has 0 fully saturated rings. The van der Waals surface area contributed by atoms with Crippen molar-refractivity contribution in [2.24, 2.45) is 0 Å². The number of amides is 1. The van der Waals surface area contributed by atoms with Gasteiger partial charge in [-0.05, 0) is 29.8 Å². The molecule has 4 nitrogen and oxygen atoms in total. The molecule has 0 spiro atoms. The molecule has 1 atom stereocenters. The van der Waals surface area contributed by atoms with Crippen molar-refractivity contribution in [2.75, 3.05) is 17.7 Å². The third kappa shape index (κ3) is 2.81. The Kier molecular flexibility index (Phi) is 3.71. The van der Waals surface area contributed by atoms with E-state index >= 15 is 0 Å². The second kappa shape index (κ2) is 5.66. The molecule has 3 rings (SSSR count). The van der Waals surface area contributed by atoms with Crippen LogP contribution in [0.25, 0.3) is 0 Å². The first-order chi connectivity index (χ1) is 10.2. The summed E-state index contributed by atoms with van der Waals surface area (Å²) in [6, 6.07) is 12.8. The van der Waals surface area contributed by atoms with Crippen LogP contribution in [0.2, 0.25) is 5.02 Å². The lowest BCUT2D eigenvalue weighted by Crippen LogP contribution is -2.32. The number of carbonyl (C=O) groups is 1. The maximum absolute atomic E-state index is 12.4. The Morgan fingerprint density at radius 2 is 2.14 bits per heavy atom. The lowest BCUT2D eigenvalue weighted by molar-refractivity contribution is -0.116. The van der Waals surface area contributed by atoms with Crippen LogP contribution < -0.4 is 15.4 Å². The summed E-state index contributed by atoms with van der Waals surface area (Å²) in [6.07, 6.45) is 0.672. The highest BCUT2D eigenvalue weighted by molar-refractivity contribution is 6.31. The van der Waals surface area contributed by atoms with Crippen molar-refractivity contribution in [1.82, 2.24) is 0 Å². The molecule has 0 bridgehead atoms. The number of ether oxygens (including phenoxy) is 1. The molecule has 5 heteroatoms. The summed E-state index contributed by atoms with van der Waals surface area (Å²) in [6.45, 7) is 0. The number of benzene rings is 2. The Bertz CT molecular complexity index is 663. The van der Waals surface area contributed by atoms with Crippen molar-refractivity contribution in [1.29, 1.82) is 0 Å². The van der Waals surface area contributed by atoms with Gasteiger partial charge in [0.05, 0.1) is 12.8 Å². The van der Waals surface area contributed by atoms with Crippen LogP contribution in [0, 0.1) is 0 Å². The molecule has 1 aliphatic heterocycles. The molecular formula is C16H15ClN2O2. The normalized spacial score (nSPS) is 16.0. The fraction of sp³-hybridized carbons (Fsp3) is 0.188. The molecule has 21 heavy (non-hydrogen) atoms. The van der Waals surface area contributed by atoms with E-state index < -0.39 is 0 Å². The van der Waals surface area contributed by atoms with Gasteiger partial charge < -0.3 is 15.4 Å². The SMILES string of the molecule is COc1ccc(Cl)cc1NC(=O)[C@@H]1Cc2ccccc2N1. The quantitative estimate of drug-likeness (QED) is 0.914. The van der Waals surface area contributed by atoms with E-state index in [0.29, 0.717) is 22.9 Å². The Balaban J connectivity index is 1.75. The van der Waals surface area contributed by atoms with Crippen molar-refractivity contribution < 1.29 is 9.53 Å². The van der Waals surface area contributed by atoms with Gasteiger partial charge in [0.2, 0.25) is 5.91 Å². The number of anilines is 2. The monoisotopic (exact) mass is 302 g/mol. The Morgan fingerprint density at radius 3 is 2.90 bits per heavy atom. The third-order valence-corrected chi connectivity index (χ3v) is 3.74. The summed E-state index contributed by atoms with van der Waals surface area (Å²) >= 11 is 5.97. The van der Waals surface area contributed by atoms with Crippen molar-refractivity contribution in [2.45, 2.75) is 12.5 Å². The van der Waals surface area contributed by atoms with Crippen LogP contribution in [0.4, 0.5) is 11.4 Å². The van der Waals surface area contributed by atoms with Crippen molar-refractivity contribution >= 4 is 28.9 Å². The van der Waals surface area contributed by atoms with Gasteiger partial charge in [-0.15, -0.1) is 0 Å². The highest BCUT2D eigenvalue weighted by atomic mass is 35.5. The zero-order valence-corrected chi connectivity index (χ0v) is 12.3. The first kappa shape index (κ1) is 13.8. The topological polar surface area (TPSA) is 50.4 Å². The molecule has 1 heterocycles. The molecular weight excluding hydrogens is 288 g/mol. The summed E-state index contributed by atoms with van der Waals surface area (Å²) in [5.41, 5.74) is 2.74. The van der Waals surface area contributed by atoms with E-state index in [1.165, 1.54) is 0 Å². The molecule has 1 aliphatic rings. The fourth-order valence-corrected chi connectivity index (χ4v) is 2.63. The van der Waals surface area contributed by atoms with Gasteiger partial charge in [0.1, 0.15) is 11.8 Å². The van der Waals surface area contributed by atoms with Gasteiger partial charge in [-0.3, -0.25) is 4.79 Å². The molecule has 2 N–H and O–H groups in total. The number of para-hydroxylation sites is 1. The van der Waals surface area contributed by atoms with Crippen LogP contribution in [0.1, 0.15) is 5.56 Å². The van der Waals surface area contributed by atoms with Crippen LogP contribution in [-0.2, 0) is 11.2 Å². The van der Waals surface area contributed by atoms with E-state index in [2.05, 4.69) is 10.6 Å². The number of rotatable bonds is 3. The third-order valence-electron chi connectivity index (χ3n) is 3.51. The number of methoxy groups -OCH3 is 1. The lowest BCUT2D eigenvalue weighted by atomic mass is 10.1. The van der Waals surface area contributed by atoms with E-state index in [9.17, 15) is 4.79 Å². The largest absolute Gasteiger partial charge is 0.495 e. The number of halogens is 1. The molecule has 0 saturated heterocycles. The van der Waals surface area contributed by atoms with Gasteiger partial charge in [-0.25, -0.2) is 0 Å². The molecule has 0 aromatic heterocycles. The lowest BCUT2D eigenvalue weighted by Gasteiger charge is -2.14. The first-order valence-corrected chi connectivity index (χ1v) is 7.04. The van der Waals surface area contributed by atoms with Gasteiger partial charge >= 0.3 is 0 Å². The summed E-state index contributed by atoms with van der Waals surface area (Å²) in [5.74, 6) is 0.482. The van der Waals surface area contributed by atoms with Crippen LogP contribution in [0.5, 0.6) is 5.75 Å². The highest BCUT2D eigenvalue weighted by Gasteiger charge is 2.26. The number of carbonyl (C=O) groups excluding carboxylic acids is 1. The van der Waals surface area contributed by atoms with E-state index in [1.807, 2.05) is 24.3 Å². The minimum absolute atomic E-state index is 0.105. The summed E-state index contributed by atoms with van der Waals surface area (Å²) in [4.78, 5) is 12.4. The molecule has 0 aliphatic carbocycles. The number of nitrogens with one attached hydrogen (secondary N) is 2. The number of hydrogen-bond donors (Lipinski definition) is 2. The van der Waals surface area contributed by atoms with Gasteiger partial charge in [0.25, 0.3) is 0 Å². The predicted octanol–water partition coefficient (Wildman–Crippen LogP) is 3.32. The minimum Gasteiger partial charge on any atom is -0.495 e. The molecule has 2 aromatic rings. The number of fused-ring (bicyclic) bond motifs is 1. The van der Waals surface area contributed by atoms with E-state index in [4.69, 9.17) is 16.3 Å². The zero-order valence-electron chi connectivity index (χ0n) is 11.5. The van der Waals surface area contributed by atoms with Crippen molar-refractivity contribution in [3.05, 3.63) is 53.1 Å². The van der Waals surface area contributed by atoms with Crippen molar-refractivity contribution in [3.8, 4) is 5.75 Å². The zero-order chi connectivity index (χ0) is 14.8. The van der Waals surface area contributed by atoms with Crippen LogP contribution >= 0.6 is 11.6 Å². The van der Waals surface area contributed by atoms with Crippen LogP contribution in [0.3, 0.4) is 0 Å². The van der Waals surface area contributed by atoms with Crippen LogP contribution in [-0.4, -0.2) is 19.1 Å². The smallest absolute Gasteiger partial charge is 0.247 e. The maximum Gasteiger partial charge on any atom is 0.247 e. The predicted molar refractivity (Wildman–Crippen MR) is 84.2 cm³/mol. The first-order valence-electron chi connectivity index (χ1n) is 6.66. The second-order valence-corrected chi connectivity index (χ2v) is 5.33. The van der Waals surface area contributed by atoms with Crippen molar-refractivity contribution in [3.63, 3.8) is 0 Å². The van der Waals surface area contributed by atoms with Gasteiger partial charge in [-0.2, -0.15) is 0 Å². The minimum atomic E-state index is -0.286. The fourth-order valence-electron chi connectivity index (χ4n) is 2.45. The summed E-state index contributed by atoms with van der Waals surface area (Å²) < 4.78 is 5.23. The highest BCUT2D eigenvalue weighted by Crippen LogP contribution is 2.29. The summed E-state index contributed by atoms with van der Waals surface area (Å²) in [5, 5.41) is 6.64. The molecule has 108 valence electrons. The van der Waals surface area contributed by atoms with Crippen LogP contribution in [0.15, 0.2) is 42.5 Å². The van der Waals surface area contributed by atoms with Gasteiger partial charge in [-0.1, -0.05) is 29.8 Å². The Labute approximate surface area is 128 Å². The van der Waals surface area contributed by atoms with E-state index in [1.54, 1.807) is 25.3 Å². The maximum atomic E-state index is 12.4. The summed E-state index contributed by atoms with van der Waals surface area (Å²) in [7, 11) is 1.56. The number of hydrogen-bond acceptors (Lipinski definition) is 3. The van der Waals surface area contributed by atoms with Gasteiger partial charge in [0, 0.05) is 17.1 Å². The van der Waals surface area contributed by atoms with E-state index in [0.717, 1.165) is 11.3 Å². The molecule has 0 saturated carbocycles. The molecule has 2 aromatic carbocycles. The standard InChI is InChI=1S/C16H15ClN2O2/c1-21-15-7-6-11(17)9-13(15)19-16(20)14-8-10-4-2-3-5-12(10)18-14/h2-7,9,14,18H,8H2,1H3,(H,19,20)/t14-/m0/s1. The van der Waals surface area contributed by atoms with Gasteiger partial charge in [0.15, 0.2) is 0 Å². The second-order valence-electron chi connectivity index (χ2n) is 4.89. The van der Waals surface area contributed by atoms with E-state index in [-0.39, 0.29) is 11.9 Å². The average molecular weight is 303 g/mol. The molecule has 0 unspecified atom stereocenters. The molecule has 1 amide bonds. The Morgan fingerprint density at radius 1 is 1.33 bits per heavy atom. The molecule has 0 radical (unpaired) electrons. The Hall–Kier alpha value is -2.20. The average Bonchev–Trinajstić information content (AvgIpc) is 2.91.